The largest absolute Gasteiger partial charge is 0.494 e. The van der Waals surface area contributed by atoms with Crippen LogP contribution in [0.5, 0.6) is 5.75 Å². The topological polar surface area (TPSA) is 65.3 Å². The fourth-order valence-electron chi connectivity index (χ4n) is 2.91. The SMILES string of the molecule is N#CCCCOc1cccc(CNCC2(O)CCCCC2)c1. The van der Waals surface area contributed by atoms with Crippen LogP contribution in [0.2, 0.25) is 0 Å². The minimum atomic E-state index is -0.524. The summed E-state index contributed by atoms with van der Waals surface area (Å²) >= 11 is 0. The van der Waals surface area contributed by atoms with Gasteiger partial charge in [-0.15, -0.1) is 0 Å². The molecular weight excluding hydrogens is 276 g/mol. The van der Waals surface area contributed by atoms with Crippen molar-refractivity contribution in [1.82, 2.24) is 5.32 Å². The highest BCUT2D eigenvalue weighted by molar-refractivity contribution is 5.28. The molecule has 0 heterocycles. The molecule has 0 saturated heterocycles. The molecule has 0 aromatic heterocycles. The summed E-state index contributed by atoms with van der Waals surface area (Å²) in [6.45, 7) is 1.96. The van der Waals surface area contributed by atoms with Gasteiger partial charge >= 0.3 is 0 Å². The third kappa shape index (κ3) is 5.67. The summed E-state index contributed by atoms with van der Waals surface area (Å²) < 4.78 is 5.64. The lowest BCUT2D eigenvalue weighted by Crippen LogP contribution is -2.41. The van der Waals surface area contributed by atoms with Crippen LogP contribution in [0.1, 0.15) is 50.5 Å². The van der Waals surface area contributed by atoms with E-state index in [-0.39, 0.29) is 0 Å². The van der Waals surface area contributed by atoms with E-state index in [1.807, 2.05) is 18.2 Å². The van der Waals surface area contributed by atoms with E-state index < -0.39 is 5.60 Å². The second kappa shape index (κ2) is 8.77. The van der Waals surface area contributed by atoms with Gasteiger partial charge in [-0.05, 0) is 37.0 Å². The molecule has 1 aromatic rings. The van der Waals surface area contributed by atoms with Crippen molar-refractivity contribution >= 4 is 0 Å². The van der Waals surface area contributed by atoms with Crippen molar-refractivity contribution in [3.05, 3.63) is 29.8 Å². The summed E-state index contributed by atoms with van der Waals surface area (Å²) in [6, 6.07) is 10.1. The fourth-order valence-corrected chi connectivity index (χ4v) is 2.91. The van der Waals surface area contributed by atoms with E-state index in [2.05, 4.69) is 17.5 Å². The van der Waals surface area contributed by atoms with Crippen molar-refractivity contribution in [2.24, 2.45) is 0 Å². The number of rotatable bonds is 8. The van der Waals surface area contributed by atoms with Crippen LogP contribution in [0.15, 0.2) is 24.3 Å². The Kier molecular flexibility index (Phi) is 6.70. The first-order valence-electron chi connectivity index (χ1n) is 8.24. The minimum absolute atomic E-state index is 0.524. The van der Waals surface area contributed by atoms with Crippen molar-refractivity contribution in [3.63, 3.8) is 0 Å². The lowest BCUT2D eigenvalue weighted by atomic mass is 9.85. The molecule has 1 aliphatic carbocycles. The molecule has 2 N–H and O–H groups in total. The zero-order chi connectivity index (χ0) is 15.7. The molecular formula is C18H26N2O2. The van der Waals surface area contributed by atoms with Gasteiger partial charge in [-0.1, -0.05) is 31.4 Å². The molecule has 0 radical (unpaired) electrons. The van der Waals surface area contributed by atoms with E-state index in [0.717, 1.165) is 50.0 Å². The van der Waals surface area contributed by atoms with E-state index in [4.69, 9.17) is 10.00 Å². The summed E-state index contributed by atoms with van der Waals surface area (Å²) in [5, 5.41) is 22.3. The Labute approximate surface area is 133 Å². The molecule has 4 heteroatoms. The van der Waals surface area contributed by atoms with Crippen LogP contribution in [0.4, 0.5) is 0 Å². The Morgan fingerprint density at radius 1 is 1.27 bits per heavy atom. The van der Waals surface area contributed by atoms with Crippen molar-refractivity contribution in [1.29, 1.82) is 5.26 Å². The second-order valence-corrected chi connectivity index (χ2v) is 6.15. The van der Waals surface area contributed by atoms with Crippen molar-refractivity contribution < 1.29 is 9.84 Å². The van der Waals surface area contributed by atoms with Gasteiger partial charge in [0.15, 0.2) is 0 Å². The molecule has 0 amide bonds. The van der Waals surface area contributed by atoms with Gasteiger partial charge in [0.05, 0.1) is 18.3 Å². The van der Waals surface area contributed by atoms with E-state index in [9.17, 15) is 5.11 Å². The van der Waals surface area contributed by atoms with Crippen LogP contribution >= 0.6 is 0 Å². The molecule has 0 aliphatic heterocycles. The molecule has 0 bridgehead atoms. The Bertz CT molecular complexity index is 490. The molecule has 22 heavy (non-hydrogen) atoms. The van der Waals surface area contributed by atoms with Crippen LogP contribution in [0, 0.1) is 11.3 Å². The smallest absolute Gasteiger partial charge is 0.119 e. The monoisotopic (exact) mass is 302 g/mol. The maximum atomic E-state index is 10.5. The number of nitrogens with zero attached hydrogens (tertiary/aromatic N) is 1. The van der Waals surface area contributed by atoms with E-state index >= 15 is 0 Å². The predicted molar refractivity (Wildman–Crippen MR) is 86.5 cm³/mol. The Morgan fingerprint density at radius 2 is 2.09 bits per heavy atom. The average molecular weight is 302 g/mol. The Balaban J connectivity index is 1.74. The van der Waals surface area contributed by atoms with E-state index in [1.54, 1.807) is 0 Å². The molecule has 0 unspecified atom stereocenters. The van der Waals surface area contributed by atoms with E-state index in [0.29, 0.717) is 19.6 Å². The van der Waals surface area contributed by atoms with Gasteiger partial charge in [0.2, 0.25) is 0 Å². The van der Waals surface area contributed by atoms with E-state index in [1.165, 1.54) is 6.42 Å². The van der Waals surface area contributed by atoms with Crippen molar-refractivity contribution in [2.45, 2.75) is 57.1 Å². The number of hydrogen-bond acceptors (Lipinski definition) is 4. The fraction of sp³-hybridized carbons (Fsp3) is 0.611. The van der Waals surface area contributed by atoms with Gasteiger partial charge in [0.1, 0.15) is 5.75 Å². The van der Waals surface area contributed by atoms with Crippen molar-refractivity contribution in [3.8, 4) is 11.8 Å². The lowest BCUT2D eigenvalue weighted by molar-refractivity contribution is 0.00467. The number of ether oxygens (including phenoxy) is 1. The maximum Gasteiger partial charge on any atom is 0.119 e. The lowest BCUT2D eigenvalue weighted by Gasteiger charge is -2.32. The molecule has 0 spiro atoms. The van der Waals surface area contributed by atoms with Gasteiger partial charge in [0, 0.05) is 19.5 Å². The summed E-state index contributed by atoms with van der Waals surface area (Å²) in [5.74, 6) is 0.841. The van der Waals surface area contributed by atoms with Crippen LogP contribution in [-0.4, -0.2) is 23.9 Å². The molecule has 1 aromatic carbocycles. The Hall–Kier alpha value is -1.57. The van der Waals surface area contributed by atoms with Gasteiger partial charge in [0.25, 0.3) is 0 Å². The molecule has 2 rings (SSSR count). The van der Waals surface area contributed by atoms with Crippen molar-refractivity contribution in [2.75, 3.05) is 13.2 Å². The Morgan fingerprint density at radius 3 is 2.86 bits per heavy atom. The highest BCUT2D eigenvalue weighted by Crippen LogP contribution is 2.27. The highest BCUT2D eigenvalue weighted by atomic mass is 16.5. The third-order valence-corrected chi connectivity index (χ3v) is 4.17. The van der Waals surface area contributed by atoms with Crippen LogP contribution in [0.25, 0.3) is 0 Å². The zero-order valence-corrected chi connectivity index (χ0v) is 13.2. The van der Waals surface area contributed by atoms with Crippen LogP contribution in [-0.2, 0) is 6.54 Å². The average Bonchev–Trinajstić information content (AvgIpc) is 2.53. The number of hydrogen-bond donors (Lipinski definition) is 2. The molecule has 1 saturated carbocycles. The number of nitriles is 1. The highest BCUT2D eigenvalue weighted by Gasteiger charge is 2.28. The zero-order valence-electron chi connectivity index (χ0n) is 13.2. The van der Waals surface area contributed by atoms with Gasteiger partial charge in [-0.3, -0.25) is 0 Å². The summed E-state index contributed by atoms with van der Waals surface area (Å²) in [5.41, 5.74) is 0.626. The normalized spacial score (nSPS) is 16.9. The number of aliphatic hydroxyl groups is 1. The van der Waals surface area contributed by atoms with Gasteiger partial charge in [-0.2, -0.15) is 5.26 Å². The molecule has 120 valence electrons. The summed E-state index contributed by atoms with van der Waals surface area (Å²) in [6.07, 6.45) is 6.60. The summed E-state index contributed by atoms with van der Waals surface area (Å²) in [7, 11) is 0. The third-order valence-electron chi connectivity index (χ3n) is 4.17. The maximum absolute atomic E-state index is 10.5. The summed E-state index contributed by atoms with van der Waals surface area (Å²) in [4.78, 5) is 0. The quantitative estimate of drug-likeness (QED) is 0.724. The number of benzene rings is 1. The number of nitrogens with one attached hydrogen (secondary N) is 1. The molecule has 4 nitrogen and oxygen atoms in total. The standard InChI is InChI=1S/C18H26N2O2/c19-11-4-5-12-22-17-8-6-7-16(13-17)14-20-15-18(21)9-2-1-3-10-18/h6-8,13,20-21H,1-5,9-10,12,14-15H2. The first-order valence-corrected chi connectivity index (χ1v) is 8.24. The second-order valence-electron chi connectivity index (χ2n) is 6.15. The van der Waals surface area contributed by atoms with Gasteiger partial charge in [-0.25, -0.2) is 0 Å². The molecule has 1 aliphatic rings. The van der Waals surface area contributed by atoms with Gasteiger partial charge < -0.3 is 15.2 Å². The number of unbranched alkanes of at least 4 members (excludes halogenated alkanes) is 1. The predicted octanol–water partition coefficient (Wildman–Crippen LogP) is 3.15. The molecule has 0 atom stereocenters. The first kappa shape index (κ1) is 16.8. The van der Waals surface area contributed by atoms with Crippen LogP contribution in [0.3, 0.4) is 0 Å². The molecule has 1 fully saturated rings. The minimum Gasteiger partial charge on any atom is -0.494 e. The van der Waals surface area contributed by atoms with Crippen LogP contribution < -0.4 is 10.1 Å². The first-order chi connectivity index (χ1) is 10.7.